The Kier molecular flexibility index (Phi) is 6.42. The van der Waals surface area contributed by atoms with Crippen molar-refractivity contribution in [1.82, 2.24) is 9.97 Å². The summed E-state index contributed by atoms with van der Waals surface area (Å²) in [5.41, 5.74) is 3.15. The number of aryl methyl sites for hydroxylation is 2. The first kappa shape index (κ1) is 23.1. The van der Waals surface area contributed by atoms with Crippen LogP contribution in [0.5, 0.6) is 11.5 Å². The van der Waals surface area contributed by atoms with E-state index in [1.165, 1.54) is 42.6 Å². The van der Waals surface area contributed by atoms with Crippen molar-refractivity contribution in [3.8, 4) is 11.5 Å². The summed E-state index contributed by atoms with van der Waals surface area (Å²) in [6.07, 6.45) is 3.28. The number of benzene rings is 2. The maximum absolute atomic E-state index is 13.8. The van der Waals surface area contributed by atoms with E-state index in [1.807, 2.05) is 32.0 Å². The Balaban J connectivity index is 1.89. The smallest absolute Gasteiger partial charge is 0.286 e. The zero-order valence-electron chi connectivity index (χ0n) is 19.1. The number of nitrogens with zero attached hydrogens (tertiary/aromatic N) is 4. The number of hydrogen-bond acceptors (Lipinski definition) is 8. The third-order valence-electron chi connectivity index (χ3n) is 5.54. The molecule has 0 atom stereocenters. The van der Waals surface area contributed by atoms with Gasteiger partial charge in [0.25, 0.3) is 11.6 Å². The van der Waals surface area contributed by atoms with Crippen LogP contribution >= 0.6 is 11.3 Å². The van der Waals surface area contributed by atoms with Crippen LogP contribution in [0.15, 0.2) is 48.8 Å². The summed E-state index contributed by atoms with van der Waals surface area (Å²) in [5.74, 6) is -0.200. The van der Waals surface area contributed by atoms with E-state index < -0.39 is 10.8 Å². The van der Waals surface area contributed by atoms with E-state index in [9.17, 15) is 14.9 Å². The standard InChI is InChI=1S/C24H22N4O5S/c1-14-7-8-21-22(15(14)2)26-24(34-21)27(13-16-6-5-9-25-12-16)23(29)17-10-19(32-3)20(33-4)11-18(17)28(30)31/h5-12H,13H2,1-4H3. The number of pyridine rings is 1. The minimum absolute atomic E-state index is 0.126. The fraction of sp³-hybridized carbons (Fsp3) is 0.208. The van der Waals surface area contributed by atoms with Crippen LogP contribution in [-0.4, -0.2) is 35.0 Å². The lowest BCUT2D eigenvalue weighted by Crippen LogP contribution is -2.31. The van der Waals surface area contributed by atoms with Gasteiger partial charge in [0.15, 0.2) is 16.6 Å². The van der Waals surface area contributed by atoms with Gasteiger partial charge in [-0.25, -0.2) is 4.98 Å². The fourth-order valence-electron chi connectivity index (χ4n) is 3.57. The predicted molar refractivity (Wildman–Crippen MR) is 130 cm³/mol. The van der Waals surface area contributed by atoms with Gasteiger partial charge in [0.2, 0.25) is 0 Å². The van der Waals surface area contributed by atoms with Crippen LogP contribution < -0.4 is 14.4 Å². The van der Waals surface area contributed by atoms with Gasteiger partial charge in [-0.3, -0.25) is 24.8 Å². The summed E-state index contributed by atoms with van der Waals surface area (Å²) < 4.78 is 11.4. The normalized spacial score (nSPS) is 10.8. The van der Waals surface area contributed by atoms with Crippen molar-refractivity contribution in [2.24, 2.45) is 0 Å². The van der Waals surface area contributed by atoms with Gasteiger partial charge < -0.3 is 9.47 Å². The average Bonchev–Trinajstić information content (AvgIpc) is 3.29. The lowest BCUT2D eigenvalue weighted by Gasteiger charge is -2.20. The molecule has 0 fully saturated rings. The molecule has 0 N–H and O–H groups in total. The number of anilines is 1. The van der Waals surface area contributed by atoms with Crippen LogP contribution in [0.2, 0.25) is 0 Å². The second-order valence-electron chi connectivity index (χ2n) is 7.58. The first-order valence-electron chi connectivity index (χ1n) is 10.3. The zero-order chi connectivity index (χ0) is 24.4. The Hall–Kier alpha value is -4.05. The highest BCUT2D eigenvalue weighted by Gasteiger charge is 2.30. The lowest BCUT2D eigenvalue weighted by molar-refractivity contribution is -0.385. The minimum Gasteiger partial charge on any atom is -0.493 e. The SMILES string of the molecule is COc1cc(C(=O)N(Cc2cccnc2)c2nc3c(C)c(C)ccc3s2)c([N+](=O)[O-])cc1OC. The highest BCUT2D eigenvalue weighted by Crippen LogP contribution is 2.38. The molecule has 0 spiro atoms. The quantitative estimate of drug-likeness (QED) is 0.269. The average molecular weight is 479 g/mol. The van der Waals surface area contributed by atoms with Gasteiger partial charge in [-0.15, -0.1) is 0 Å². The first-order valence-corrected chi connectivity index (χ1v) is 11.1. The molecule has 4 aromatic rings. The molecular formula is C24H22N4O5S. The van der Waals surface area contributed by atoms with Crippen molar-refractivity contribution < 1.29 is 19.2 Å². The number of amides is 1. The van der Waals surface area contributed by atoms with Gasteiger partial charge in [-0.05, 0) is 42.7 Å². The Morgan fingerprint density at radius 3 is 2.53 bits per heavy atom. The Labute approximate surface area is 199 Å². The summed E-state index contributed by atoms with van der Waals surface area (Å²) in [5, 5.41) is 12.3. The minimum atomic E-state index is -0.608. The van der Waals surface area contributed by atoms with E-state index in [0.717, 1.165) is 26.9 Å². The molecule has 0 saturated carbocycles. The van der Waals surface area contributed by atoms with Crippen LogP contribution in [0.25, 0.3) is 10.2 Å². The number of nitro benzene ring substituents is 1. The van der Waals surface area contributed by atoms with Crippen LogP contribution in [0.3, 0.4) is 0 Å². The second-order valence-corrected chi connectivity index (χ2v) is 8.59. The molecule has 0 saturated heterocycles. The highest BCUT2D eigenvalue weighted by atomic mass is 32.1. The van der Waals surface area contributed by atoms with Crippen molar-refractivity contribution in [1.29, 1.82) is 0 Å². The molecule has 174 valence electrons. The van der Waals surface area contributed by atoms with Crippen LogP contribution in [0.4, 0.5) is 10.8 Å². The Morgan fingerprint density at radius 2 is 1.88 bits per heavy atom. The van der Waals surface area contributed by atoms with Gasteiger partial charge in [0.1, 0.15) is 5.56 Å². The molecule has 0 aliphatic rings. The number of methoxy groups -OCH3 is 2. The molecule has 2 aromatic heterocycles. The third-order valence-corrected chi connectivity index (χ3v) is 6.59. The van der Waals surface area contributed by atoms with E-state index in [1.54, 1.807) is 18.5 Å². The fourth-order valence-corrected chi connectivity index (χ4v) is 4.59. The molecule has 10 heteroatoms. The van der Waals surface area contributed by atoms with E-state index in [2.05, 4.69) is 4.98 Å². The van der Waals surface area contributed by atoms with Gasteiger partial charge in [-0.2, -0.15) is 0 Å². The van der Waals surface area contributed by atoms with Gasteiger partial charge >= 0.3 is 0 Å². The summed E-state index contributed by atoms with van der Waals surface area (Å²) in [6.45, 7) is 4.11. The largest absolute Gasteiger partial charge is 0.493 e. The van der Waals surface area contributed by atoms with Crippen molar-refractivity contribution in [3.05, 3.63) is 81.2 Å². The number of fused-ring (bicyclic) bond motifs is 1. The van der Waals surface area contributed by atoms with Crippen molar-refractivity contribution in [2.75, 3.05) is 19.1 Å². The molecule has 1 amide bonds. The maximum Gasteiger partial charge on any atom is 0.286 e. The number of hydrogen-bond donors (Lipinski definition) is 0. The first-order chi connectivity index (χ1) is 16.3. The van der Waals surface area contributed by atoms with Crippen LogP contribution in [0, 0.1) is 24.0 Å². The number of ether oxygens (including phenoxy) is 2. The zero-order valence-corrected chi connectivity index (χ0v) is 19.9. The van der Waals surface area contributed by atoms with E-state index in [0.29, 0.717) is 5.13 Å². The molecule has 9 nitrogen and oxygen atoms in total. The number of carbonyl (C=O) groups is 1. The van der Waals surface area contributed by atoms with E-state index >= 15 is 0 Å². The summed E-state index contributed by atoms with van der Waals surface area (Å²) in [6, 6.07) is 10.1. The Bertz CT molecular complexity index is 1390. The molecule has 0 bridgehead atoms. The number of thiazole rings is 1. The molecule has 2 aromatic carbocycles. The van der Waals surface area contributed by atoms with Crippen molar-refractivity contribution in [2.45, 2.75) is 20.4 Å². The second kappa shape index (κ2) is 9.44. The van der Waals surface area contributed by atoms with Crippen molar-refractivity contribution >= 4 is 38.3 Å². The molecule has 2 heterocycles. The van der Waals surface area contributed by atoms with Gasteiger partial charge in [0.05, 0.1) is 42.0 Å². The molecule has 0 radical (unpaired) electrons. The summed E-state index contributed by atoms with van der Waals surface area (Å²) >= 11 is 1.35. The lowest BCUT2D eigenvalue weighted by atomic mass is 10.1. The molecule has 0 unspecified atom stereocenters. The third kappa shape index (κ3) is 4.27. The number of rotatable bonds is 7. The van der Waals surface area contributed by atoms with Gasteiger partial charge in [-0.1, -0.05) is 23.5 Å². The molecular weight excluding hydrogens is 456 g/mol. The summed E-state index contributed by atoms with van der Waals surface area (Å²) in [7, 11) is 2.78. The predicted octanol–water partition coefficient (Wildman–Crippen LogP) is 5.08. The molecule has 34 heavy (non-hydrogen) atoms. The highest BCUT2D eigenvalue weighted by molar-refractivity contribution is 7.22. The van der Waals surface area contributed by atoms with Crippen molar-refractivity contribution in [3.63, 3.8) is 0 Å². The van der Waals surface area contributed by atoms with Crippen LogP contribution in [-0.2, 0) is 6.54 Å². The molecule has 0 aliphatic heterocycles. The summed E-state index contributed by atoms with van der Waals surface area (Å²) in [4.78, 5) is 35.4. The number of carbonyl (C=O) groups excluding carboxylic acids is 1. The Morgan fingerprint density at radius 1 is 1.15 bits per heavy atom. The van der Waals surface area contributed by atoms with E-state index in [-0.39, 0.29) is 29.3 Å². The van der Waals surface area contributed by atoms with E-state index in [4.69, 9.17) is 14.5 Å². The molecule has 4 rings (SSSR count). The number of nitro groups is 1. The number of aromatic nitrogens is 2. The molecule has 0 aliphatic carbocycles. The van der Waals surface area contributed by atoms with Gasteiger partial charge in [0, 0.05) is 18.5 Å². The van der Waals surface area contributed by atoms with Crippen LogP contribution in [0.1, 0.15) is 27.0 Å². The monoisotopic (exact) mass is 478 g/mol. The maximum atomic E-state index is 13.8. The topological polar surface area (TPSA) is 108 Å².